The number of nitrogens with zero attached hydrogens (tertiary/aromatic N) is 2. The fraction of sp³-hybridized carbons (Fsp3) is 0.414. The molecular formula is C29H32F4N4O2. The number of halogens is 4. The summed E-state index contributed by atoms with van der Waals surface area (Å²) in [5.41, 5.74) is 2.21. The van der Waals surface area contributed by atoms with Crippen molar-refractivity contribution >= 4 is 28.6 Å². The molecule has 4 rings (SSSR count). The molecule has 0 radical (unpaired) electrons. The van der Waals surface area contributed by atoms with Gasteiger partial charge in [-0.05, 0) is 62.6 Å². The van der Waals surface area contributed by atoms with E-state index in [4.69, 9.17) is 4.74 Å². The number of anilines is 2. The largest absolute Gasteiger partial charge is 0.495 e. The smallest absolute Gasteiger partial charge is 0.406 e. The first-order chi connectivity index (χ1) is 18.6. The van der Waals surface area contributed by atoms with Crippen molar-refractivity contribution in [3.05, 3.63) is 53.7 Å². The van der Waals surface area contributed by atoms with Crippen LogP contribution in [0.4, 0.5) is 28.9 Å². The van der Waals surface area contributed by atoms with Crippen LogP contribution in [-0.4, -0.2) is 66.9 Å². The predicted octanol–water partition coefficient (Wildman–Crippen LogP) is 5.72. The number of nitrogens with one attached hydrogen (secondary N) is 2. The van der Waals surface area contributed by atoms with Gasteiger partial charge in [0.1, 0.15) is 24.8 Å². The van der Waals surface area contributed by atoms with Gasteiger partial charge in [0.25, 0.3) is 0 Å². The van der Waals surface area contributed by atoms with Crippen molar-refractivity contribution in [3.63, 3.8) is 0 Å². The van der Waals surface area contributed by atoms with Crippen molar-refractivity contribution in [1.82, 2.24) is 9.47 Å². The zero-order valence-corrected chi connectivity index (χ0v) is 22.1. The van der Waals surface area contributed by atoms with E-state index in [1.54, 1.807) is 42.5 Å². The molecule has 0 bridgehead atoms. The average molecular weight is 545 g/mol. The lowest BCUT2D eigenvalue weighted by atomic mass is 10.0. The monoisotopic (exact) mass is 544 g/mol. The maximum Gasteiger partial charge on any atom is 0.406 e. The number of rotatable bonds is 8. The van der Waals surface area contributed by atoms with Gasteiger partial charge in [0.05, 0.1) is 36.6 Å². The summed E-state index contributed by atoms with van der Waals surface area (Å²) in [5, 5.41) is 6.88. The third kappa shape index (κ3) is 6.84. The summed E-state index contributed by atoms with van der Waals surface area (Å²) in [4.78, 5) is 13.1. The van der Waals surface area contributed by atoms with Gasteiger partial charge in [-0.25, -0.2) is 4.39 Å². The molecule has 2 heterocycles. The van der Waals surface area contributed by atoms with Gasteiger partial charge in [-0.15, -0.1) is 0 Å². The Morgan fingerprint density at radius 1 is 1.18 bits per heavy atom. The molecule has 1 aromatic heterocycles. The molecule has 1 aliphatic heterocycles. The number of methoxy groups -OCH3 is 1. The lowest BCUT2D eigenvalue weighted by Crippen LogP contribution is -2.50. The summed E-state index contributed by atoms with van der Waals surface area (Å²) in [5.74, 6) is 6.19. The van der Waals surface area contributed by atoms with E-state index in [1.807, 2.05) is 13.8 Å². The maximum absolute atomic E-state index is 15.0. The van der Waals surface area contributed by atoms with Gasteiger partial charge in [0.2, 0.25) is 0 Å². The van der Waals surface area contributed by atoms with E-state index in [9.17, 15) is 22.4 Å². The van der Waals surface area contributed by atoms with Crippen molar-refractivity contribution < 1.29 is 27.1 Å². The summed E-state index contributed by atoms with van der Waals surface area (Å²) in [6.07, 6.45) is -4.26. The molecule has 2 unspecified atom stereocenters. The Labute approximate surface area is 225 Å². The van der Waals surface area contributed by atoms with Crippen molar-refractivity contribution in [2.45, 2.75) is 51.2 Å². The molecule has 39 heavy (non-hydrogen) atoms. The fourth-order valence-electron chi connectivity index (χ4n) is 4.82. The number of fused-ring (bicyclic) bond motifs is 1. The number of carbonyl (C=O) groups excluding carboxylic acids is 1. The minimum absolute atomic E-state index is 0.132. The highest BCUT2D eigenvalue weighted by atomic mass is 19.4. The number of likely N-dealkylation sites (tertiary alicyclic amines) is 1. The van der Waals surface area contributed by atoms with Crippen LogP contribution in [0.5, 0.6) is 5.75 Å². The number of benzene rings is 2. The van der Waals surface area contributed by atoms with Crippen LogP contribution >= 0.6 is 0 Å². The highest BCUT2D eigenvalue weighted by Gasteiger charge is 2.32. The van der Waals surface area contributed by atoms with Crippen LogP contribution in [0.3, 0.4) is 0 Å². The number of aldehydes is 1. The molecule has 0 aliphatic carbocycles. The van der Waals surface area contributed by atoms with E-state index in [0.29, 0.717) is 52.8 Å². The van der Waals surface area contributed by atoms with E-state index in [1.165, 1.54) is 7.11 Å². The zero-order chi connectivity index (χ0) is 28.2. The molecule has 3 aromatic rings. The minimum Gasteiger partial charge on any atom is -0.495 e. The highest BCUT2D eigenvalue weighted by Crippen LogP contribution is 2.32. The Hall–Kier alpha value is -3.71. The lowest BCUT2D eigenvalue weighted by molar-refractivity contribution is -0.140. The van der Waals surface area contributed by atoms with Gasteiger partial charge in [-0.1, -0.05) is 12.0 Å². The summed E-state index contributed by atoms with van der Waals surface area (Å²) in [6.45, 7) is 4.05. The summed E-state index contributed by atoms with van der Waals surface area (Å²) in [7, 11) is 1.47. The Morgan fingerprint density at radius 2 is 1.97 bits per heavy atom. The highest BCUT2D eigenvalue weighted by molar-refractivity contribution is 5.94. The van der Waals surface area contributed by atoms with Crippen molar-refractivity contribution in [1.29, 1.82) is 0 Å². The van der Waals surface area contributed by atoms with Gasteiger partial charge in [-0.3, -0.25) is 9.69 Å². The third-order valence-corrected chi connectivity index (χ3v) is 6.87. The minimum atomic E-state index is -4.45. The number of ether oxygens (including phenoxy) is 1. The summed E-state index contributed by atoms with van der Waals surface area (Å²) >= 11 is 0. The van der Waals surface area contributed by atoms with Crippen LogP contribution in [-0.2, 0) is 6.54 Å². The molecule has 2 aromatic carbocycles. The Bertz CT molecular complexity index is 1370. The molecule has 2 N–H and O–H groups in total. The second-order valence-corrected chi connectivity index (χ2v) is 9.85. The first kappa shape index (κ1) is 28.3. The molecular weight excluding hydrogens is 512 g/mol. The molecule has 0 spiro atoms. The summed E-state index contributed by atoms with van der Waals surface area (Å²) < 4.78 is 62.0. The Kier molecular flexibility index (Phi) is 8.70. The molecule has 2 atom stereocenters. The van der Waals surface area contributed by atoms with Crippen LogP contribution in [0.1, 0.15) is 36.3 Å². The van der Waals surface area contributed by atoms with Crippen LogP contribution in [0.2, 0.25) is 0 Å². The van der Waals surface area contributed by atoms with E-state index in [2.05, 4.69) is 27.4 Å². The lowest BCUT2D eigenvalue weighted by Gasteiger charge is -2.37. The van der Waals surface area contributed by atoms with Crippen LogP contribution < -0.4 is 15.4 Å². The van der Waals surface area contributed by atoms with Crippen molar-refractivity contribution in [2.75, 3.05) is 37.4 Å². The van der Waals surface area contributed by atoms with E-state index in [0.717, 1.165) is 11.1 Å². The molecule has 1 fully saturated rings. The second kappa shape index (κ2) is 12.0. The van der Waals surface area contributed by atoms with E-state index >= 15 is 0 Å². The average Bonchev–Trinajstić information content (AvgIpc) is 3.24. The quantitative estimate of drug-likeness (QED) is 0.216. The molecule has 0 amide bonds. The number of alkyl halides is 4. The number of hydrogen-bond acceptors (Lipinski definition) is 5. The van der Waals surface area contributed by atoms with Crippen LogP contribution in [0.15, 0.2) is 42.5 Å². The van der Waals surface area contributed by atoms with E-state index < -0.39 is 24.9 Å². The topological polar surface area (TPSA) is 58.5 Å². The number of hydrogen-bond donors (Lipinski definition) is 2. The van der Waals surface area contributed by atoms with Crippen molar-refractivity contribution in [2.24, 2.45) is 0 Å². The summed E-state index contributed by atoms with van der Waals surface area (Å²) in [6, 6.07) is 11.3. The maximum atomic E-state index is 15.0. The Morgan fingerprint density at radius 3 is 2.64 bits per heavy atom. The fourth-order valence-corrected chi connectivity index (χ4v) is 4.82. The van der Waals surface area contributed by atoms with Crippen LogP contribution in [0.25, 0.3) is 10.9 Å². The van der Waals surface area contributed by atoms with Gasteiger partial charge >= 0.3 is 6.18 Å². The normalized spacial score (nSPS) is 18.1. The van der Waals surface area contributed by atoms with Gasteiger partial charge in [-0.2, -0.15) is 13.2 Å². The third-order valence-electron chi connectivity index (χ3n) is 6.87. The SMILES string of the molecule is COc1cc(C=O)ccc1NCC#Cc1cc2c(NC3CCN(C(C)C)CC3F)cccc2n1CC(F)(F)F. The van der Waals surface area contributed by atoms with Gasteiger partial charge in [0.15, 0.2) is 0 Å². The predicted molar refractivity (Wildman–Crippen MR) is 145 cm³/mol. The molecule has 0 saturated carbocycles. The van der Waals surface area contributed by atoms with Gasteiger partial charge < -0.3 is 19.9 Å². The molecule has 1 aliphatic rings. The number of carbonyl (C=O) groups is 1. The standard InChI is InChI=1S/C29H32F4N4O2/c1-19(2)36-13-11-25(23(30)16-36)35-24-7-4-8-27-22(24)15-21(37(27)18-29(31,32)33)6-5-12-34-26-10-9-20(17-38)14-28(26)39-3/h4,7-10,14-15,17,19,23,25,34-35H,11-13,16,18H2,1-3H3. The second-order valence-electron chi connectivity index (χ2n) is 9.85. The van der Waals surface area contributed by atoms with E-state index in [-0.39, 0.29) is 18.3 Å². The molecule has 1 saturated heterocycles. The van der Waals surface area contributed by atoms with Crippen LogP contribution in [0, 0.1) is 11.8 Å². The van der Waals surface area contributed by atoms with Gasteiger partial charge in [0, 0.05) is 35.8 Å². The Balaban J connectivity index is 1.59. The first-order valence-electron chi connectivity index (χ1n) is 12.8. The number of piperidine rings is 1. The zero-order valence-electron chi connectivity index (χ0n) is 22.1. The van der Waals surface area contributed by atoms with Crippen molar-refractivity contribution in [3.8, 4) is 17.6 Å². The molecule has 208 valence electrons. The molecule has 6 nitrogen and oxygen atoms in total. The molecule has 10 heteroatoms. The first-order valence-corrected chi connectivity index (χ1v) is 12.8. The number of aromatic nitrogens is 1.